The summed E-state index contributed by atoms with van der Waals surface area (Å²) in [5.41, 5.74) is 0.400. The predicted octanol–water partition coefficient (Wildman–Crippen LogP) is 3.35. The van der Waals surface area contributed by atoms with Gasteiger partial charge in [0.05, 0.1) is 0 Å². The number of unbranched alkanes of at least 4 members (excludes halogenated alkanes) is 1. The molecule has 0 aliphatic rings. The third-order valence-corrected chi connectivity index (χ3v) is 3.42. The van der Waals surface area contributed by atoms with E-state index in [-0.39, 0.29) is 6.04 Å². The summed E-state index contributed by atoms with van der Waals surface area (Å²) in [5, 5.41) is 3.08. The molecule has 1 rings (SSSR count). The lowest BCUT2D eigenvalue weighted by molar-refractivity contribution is 0.251. The highest BCUT2D eigenvalue weighted by atomic mass is 19.2. The first kappa shape index (κ1) is 16.1. The quantitative estimate of drug-likeness (QED) is 0.779. The molecule has 1 unspecified atom stereocenters. The molecular weight excluding hydrogens is 246 g/mol. The highest BCUT2D eigenvalue weighted by molar-refractivity contribution is 5.22. The highest BCUT2D eigenvalue weighted by Gasteiger charge is 2.18. The van der Waals surface area contributed by atoms with E-state index in [1.165, 1.54) is 0 Å². The predicted molar refractivity (Wildman–Crippen MR) is 75.2 cm³/mol. The molecule has 0 saturated carbocycles. The SMILES string of the molecule is CCCCN(CC)CC(NC)c1cccc(F)c1F. The van der Waals surface area contributed by atoms with Crippen molar-refractivity contribution >= 4 is 0 Å². The molecule has 0 amide bonds. The summed E-state index contributed by atoms with van der Waals surface area (Å²) >= 11 is 0. The number of nitrogens with one attached hydrogen (secondary N) is 1. The van der Waals surface area contributed by atoms with Gasteiger partial charge >= 0.3 is 0 Å². The Balaban J connectivity index is 2.79. The Morgan fingerprint density at radius 1 is 1.26 bits per heavy atom. The van der Waals surface area contributed by atoms with Gasteiger partial charge in [0.15, 0.2) is 11.6 Å². The van der Waals surface area contributed by atoms with Crippen LogP contribution >= 0.6 is 0 Å². The van der Waals surface area contributed by atoms with Gasteiger partial charge in [0.25, 0.3) is 0 Å². The normalized spacial score (nSPS) is 12.9. The minimum absolute atomic E-state index is 0.187. The van der Waals surface area contributed by atoms with Crippen LogP contribution in [0.25, 0.3) is 0 Å². The van der Waals surface area contributed by atoms with Gasteiger partial charge < -0.3 is 10.2 Å². The summed E-state index contributed by atoms with van der Waals surface area (Å²) in [6.45, 7) is 6.82. The van der Waals surface area contributed by atoms with Crippen LogP contribution < -0.4 is 5.32 Å². The van der Waals surface area contributed by atoms with E-state index in [0.717, 1.165) is 32.0 Å². The second-order valence-electron chi connectivity index (χ2n) is 4.73. The maximum Gasteiger partial charge on any atom is 0.163 e. The lowest BCUT2D eigenvalue weighted by atomic mass is 10.1. The molecule has 1 aromatic rings. The van der Waals surface area contributed by atoms with Crippen LogP contribution in [0.4, 0.5) is 8.78 Å². The van der Waals surface area contributed by atoms with E-state index in [1.807, 2.05) is 0 Å². The standard InChI is InChI=1S/C15H24F2N2/c1-4-6-10-19(5-2)11-14(18-3)12-8-7-9-13(16)15(12)17/h7-9,14,18H,4-6,10-11H2,1-3H3. The van der Waals surface area contributed by atoms with Crippen molar-refractivity contribution in [2.24, 2.45) is 0 Å². The lowest BCUT2D eigenvalue weighted by Gasteiger charge is -2.26. The molecule has 0 aliphatic carbocycles. The van der Waals surface area contributed by atoms with Gasteiger partial charge in [-0.2, -0.15) is 0 Å². The second kappa shape index (κ2) is 8.23. The highest BCUT2D eigenvalue weighted by Crippen LogP contribution is 2.20. The molecule has 2 nitrogen and oxygen atoms in total. The van der Waals surface area contributed by atoms with E-state index in [0.29, 0.717) is 12.1 Å². The maximum atomic E-state index is 13.8. The van der Waals surface area contributed by atoms with Crippen LogP contribution in [0, 0.1) is 11.6 Å². The minimum Gasteiger partial charge on any atom is -0.312 e. The van der Waals surface area contributed by atoms with E-state index in [1.54, 1.807) is 19.2 Å². The van der Waals surface area contributed by atoms with Crippen LogP contribution in [0.5, 0.6) is 0 Å². The van der Waals surface area contributed by atoms with Gasteiger partial charge in [0, 0.05) is 18.2 Å². The van der Waals surface area contributed by atoms with Gasteiger partial charge in [-0.15, -0.1) is 0 Å². The Bertz CT molecular complexity index is 382. The van der Waals surface area contributed by atoms with Gasteiger partial charge in [0.1, 0.15) is 0 Å². The topological polar surface area (TPSA) is 15.3 Å². The molecule has 0 spiro atoms. The molecule has 0 radical (unpaired) electrons. The number of hydrogen-bond acceptors (Lipinski definition) is 2. The first-order valence-corrected chi connectivity index (χ1v) is 6.97. The molecule has 19 heavy (non-hydrogen) atoms. The summed E-state index contributed by atoms with van der Waals surface area (Å²) in [5.74, 6) is -1.53. The fourth-order valence-electron chi connectivity index (χ4n) is 2.15. The van der Waals surface area contributed by atoms with Crippen LogP contribution in [0.2, 0.25) is 0 Å². The molecule has 1 atom stereocenters. The van der Waals surface area contributed by atoms with E-state index in [9.17, 15) is 8.78 Å². The van der Waals surface area contributed by atoms with Crippen LogP contribution in [0.3, 0.4) is 0 Å². The minimum atomic E-state index is -0.783. The number of benzene rings is 1. The summed E-state index contributed by atoms with van der Waals surface area (Å²) in [6, 6.07) is 4.17. The number of likely N-dealkylation sites (N-methyl/N-ethyl adjacent to an activating group) is 2. The molecule has 1 aromatic carbocycles. The van der Waals surface area contributed by atoms with Gasteiger partial charge in [-0.05, 0) is 32.6 Å². The van der Waals surface area contributed by atoms with Gasteiger partial charge in [-0.3, -0.25) is 0 Å². The summed E-state index contributed by atoms with van der Waals surface area (Å²) in [4.78, 5) is 2.26. The number of hydrogen-bond donors (Lipinski definition) is 1. The van der Waals surface area contributed by atoms with Gasteiger partial charge in [-0.25, -0.2) is 8.78 Å². The number of rotatable bonds is 8. The van der Waals surface area contributed by atoms with Crippen LogP contribution in [-0.4, -0.2) is 31.6 Å². The van der Waals surface area contributed by atoms with Gasteiger partial charge in [-0.1, -0.05) is 32.4 Å². The van der Waals surface area contributed by atoms with E-state index >= 15 is 0 Å². The van der Waals surface area contributed by atoms with Crippen molar-refractivity contribution in [2.75, 3.05) is 26.7 Å². The second-order valence-corrected chi connectivity index (χ2v) is 4.73. The van der Waals surface area contributed by atoms with Crippen molar-refractivity contribution < 1.29 is 8.78 Å². The number of nitrogens with zero attached hydrogens (tertiary/aromatic N) is 1. The molecule has 0 saturated heterocycles. The third kappa shape index (κ3) is 4.55. The zero-order valence-corrected chi connectivity index (χ0v) is 12.0. The Morgan fingerprint density at radius 2 is 2.00 bits per heavy atom. The average molecular weight is 270 g/mol. The molecular formula is C15H24F2N2. The largest absolute Gasteiger partial charge is 0.312 e. The van der Waals surface area contributed by atoms with Crippen molar-refractivity contribution in [1.82, 2.24) is 10.2 Å². The van der Waals surface area contributed by atoms with Crippen molar-refractivity contribution in [1.29, 1.82) is 0 Å². The zero-order valence-electron chi connectivity index (χ0n) is 12.0. The smallest absolute Gasteiger partial charge is 0.163 e. The lowest BCUT2D eigenvalue weighted by Crippen LogP contribution is -2.35. The average Bonchev–Trinajstić information content (AvgIpc) is 2.43. The van der Waals surface area contributed by atoms with E-state index in [2.05, 4.69) is 24.1 Å². The first-order chi connectivity index (χ1) is 9.13. The Hall–Kier alpha value is -1.00. The maximum absolute atomic E-state index is 13.8. The molecule has 1 N–H and O–H groups in total. The van der Waals surface area contributed by atoms with Crippen LogP contribution in [-0.2, 0) is 0 Å². The number of halogens is 2. The first-order valence-electron chi connectivity index (χ1n) is 6.97. The van der Waals surface area contributed by atoms with Crippen molar-refractivity contribution in [3.05, 3.63) is 35.4 Å². The fourth-order valence-corrected chi connectivity index (χ4v) is 2.15. The molecule has 0 fully saturated rings. The van der Waals surface area contributed by atoms with E-state index in [4.69, 9.17) is 0 Å². The van der Waals surface area contributed by atoms with Crippen molar-refractivity contribution in [3.63, 3.8) is 0 Å². The molecule has 0 bridgehead atoms. The van der Waals surface area contributed by atoms with Crippen molar-refractivity contribution in [3.8, 4) is 0 Å². The van der Waals surface area contributed by atoms with Crippen LogP contribution in [0.1, 0.15) is 38.3 Å². The van der Waals surface area contributed by atoms with Crippen molar-refractivity contribution in [2.45, 2.75) is 32.7 Å². The van der Waals surface area contributed by atoms with Gasteiger partial charge in [0.2, 0.25) is 0 Å². The summed E-state index contributed by atoms with van der Waals surface area (Å²) in [7, 11) is 1.78. The Labute approximate surface area is 114 Å². The molecule has 0 aromatic heterocycles. The molecule has 0 aliphatic heterocycles. The third-order valence-electron chi connectivity index (χ3n) is 3.42. The Morgan fingerprint density at radius 3 is 2.58 bits per heavy atom. The monoisotopic (exact) mass is 270 g/mol. The molecule has 108 valence electrons. The fraction of sp³-hybridized carbons (Fsp3) is 0.600. The summed E-state index contributed by atoms with van der Waals surface area (Å²) in [6.07, 6.45) is 2.25. The zero-order chi connectivity index (χ0) is 14.3. The molecule has 0 heterocycles. The van der Waals surface area contributed by atoms with E-state index < -0.39 is 11.6 Å². The Kier molecular flexibility index (Phi) is 6.95. The molecule has 4 heteroatoms. The summed E-state index contributed by atoms with van der Waals surface area (Å²) < 4.78 is 27.1. The van der Waals surface area contributed by atoms with Crippen LogP contribution in [0.15, 0.2) is 18.2 Å².